The summed E-state index contributed by atoms with van der Waals surface area (Å²) < 4.78 is 6.69. The molecule has 31 heavy (non-hydrogen) atoms. The van der Waals surface area contributed by atoms with Crippen LogP contribution in [0.15, 0.2) is 24.3 Å². The monoisotopic (exact) mass is 437 g/mol. The zero-order valence-electron chi connectivity index (χ0n) is 17.4. The van der Waals surface area contributed by atoms with E-state index in [1.54, 1.807) is 11.3 Å². The van der Waals surface area contributed by atoms with Crippen molar-refractivity contribution < 1.29 is 4.74 Å². The molecular formula is C22H27N7OS. The average Bonchev–Trinajstić information content (AvgIpc) is 3.21. The van der Waals surface area contributed by atoms with Gasteiger partial charge in [0.25, 0.3) is 0 Å². The van der Waals surface area contributed by atoms with Crippen LogP contribution in [0.2, 0.25) is 0 Å². The summed E-state index contributed by atoms with van der Waals surface area (Å²) in [7, 11) is 0. The van der Waals surface area contributed by atoms with Gasteiger partial charge in [0.15, 0.2) is 11.6 Å². The predicted octanol–water partition coefficient (Wildman–Crippen LogP) is 2.18. The molecule has 0 atom stereocenters. The SMILES string of the molecule is N=Cc1c(N)cccc1-c1nc(N2CCOCC2)c2sc(CN3CCNCC3)cc2n1. The number of ether oxygens (including phenoxy) is 1. The van der Waals surface area contributed by atoms with Gasteiger partial charge in [-0.3, -0.25) is 4.90 Å². The summed E-state index contributed by atoms with van der Waals surface area (Å²) >= 11 is 1.79. The van der Waals surface area contributed by atoms with Crippen molar-refractivity contribution in [1.82, 2.24) is 20.2 Å². The van der Waals surface area contributed by atoms with Gasteiger partial charge in [-0.25, -0.2) is 9.97 Å². The first-order valence-corrected chi connectivity index (χ1v) is 11.5. The van der Waals surface area contributed by atoms with Crippen molar-refractivity contribution in [1.29, 1.82) is 5.41 Å². The highest BCUT2D eigenvalue weighted by molar-refractivity contribution is 7.19. The highest BCUT2D eigenvalue weighted by atomic mass is 32.1. The van der Waals surface area contributed by atoms with E-state index in [1.807, 2.05) is 18.2 Å². The Balaban J connectivity index is 1.60. The number of anilines is 2. The molecule has 2 fully saturated rings. The fourth-order valence-electron chi connectivity index (χ4n) is 4.18. The smallest absolute Gasteiger partial charge is 0.162 e. The Morgan fingerprint density at radius 1 is 1.16 bits per heavy atom. The van der Waals surface area contributed by atoms with Crippen molar-refractivity contribution in [2.45, 2.75) is 6.54 Å². The minimum atomic E-state index is 0.564. The van der Waals surface area contributed by atoms with Crippen molar-refractivity contribution in [3.05, 3.63) is 34.7 Å². The van der Waals surface area contributed by atoms with E-state index in [2.05, 4.69) is 21.2 Å². The van der Waals surface area contributed by atoms with E-state index in [1.165, 1.54) is 11.1 Å². The third kappa shape index (κ3) is 4.14. The van der Waals surface area contributed by atoms with Crippen LogP contribution in [-0.2, 0) is 11.3 Å². The number of fused-ring (bicyclic) bond motifs is 1. The van der Waals surface area contributed by atoms with Crippen molar-refractivity contribution >= 4 is 39.3 Å². The van der Waals surface area contributed by atoms with Crippen LogP contribution in [0.3, 0.4) is 0 Å². The molecule has 2 saturated heterocycles. The number of rotatable bonds is 5. The number of benzene rings is 1. The molecule has 2 aliphatic heterocycles. The largest absolute Gasteiger partial charge is 0.398 e. The molecule has 2 aromatic heterocycles. The van der Waals surface area contributed by atoms with Gasteiger partial charge in [0.2, 0.25) is 0 Å². The van der Waals surface area contributed by atoms with E-state index in [0.717, 1.165) is 67.4 Å². The van der Waals surface area contributed by atoms with E-state index in [0.29, 0.717) is 30.3 Å². The van der Waals surface area contributed by atoms with Gasteiger partial charge in [0.05, 0.1) is 23.4 Å². The second-order valence-electron chi connectivity index (χ2n) is 7.88. The lowest BCUT2D eigenvalue weighted by molar-refractivity contribution is 0.122. The minimum absolute atomic E-state index is 0.564. The topological polar surface area (TPSA) is 103 Å². The number of nitrogen functional groups attached to an aromatic ring is 1. The third-order valence-electron chi connectivity index (χ3n) is 5.83. The summed E-state index contributed by atoms with van der Waals surface area (Å²) in [4.78, 5) is 16.0. The Labute approximate surface area is 185 Å². The lowest BCUT2D eigenvalue weighted by Gasteiger charge is -2.28. The van der Waals surface area contributed by atoms with Crippen LogP contribution >= 0.6 is 11.3 Å². The molecule has 0 radical (unpaired) electrons. The number of aromatic nitrogens is 2. The van der Waals surface area contributed by atoms with Crippen molar-refractivity contribution in [3.63, 3.8) is 0 Å². The van der Waals surface area contributed by atoms with Crippen LogP contribution in [-0.4, -0.2) is 73.6 Å². The van der Waals surface area contributed by atoms with E-state index in [-0.39, 0.29) is 0 Å². The maximum atomic E-state index is 7.84. The van der Waals surface area contributed by atoms with Crippen molar-refractivity contribution in [2.24, 2.45) is 0 Å². The van der Waals surface area contributed by atoms with Crippen LogP contribution in [0.25, 0.3) is 21.6 Å². The van der Waals surface area contributed by atoms with E-state index in [4.69, 9.17) is 25.8 Å². The van der Waals surface area contributed by atoms with E-state index in [9.17, 15) is 0 Å². The Bertz CT molecular complexity index is 1090. The van der Waals surface area contributed by atoms with Gasteiger partial charge >= 0.3 is 0 Å². The molecule has 0 bridgehead atoms. The van der Waals surface area contributed by atoms with Crippen LogP contribution in [0.5, 0.6) is 0 Å². The first kappa shape index (κ1) is 20.3. The van der Waals surface area contributed by atoms with E-state index < -0.39 is 0 Å². The van der Waals surface area contributed by atoms with Crippen LogP contribution in [0.1, 0.15) is 10.4 Å². The molecular weight excluding hydrogens is 410 g/mol. The molecule has 4 N–H and O–H groups in total. The third-order valence-corrected chi connectivity index (χ3v) is 6.93. The quantitative estimate of drug-likeness (QED) is 0.415. The highest BCUT2D eigenvalue weighted by Gasteiger charge is 2.22. The van der Waals surface area contributed by atoms with Gasteiger partial charge in [0.1, 0.15) is 0 Å². The molecule has 5 rings (SSSR count). The zero-order valence-corrected chi connectivity index (χ0v) is 18.2. The number of hydrogen-bond acceptors (Lipinski definition) is 9. The van der Waals surface area contributed by atoms with Gasteiger partial charge < -0.3 is 26.1 Å². The Morgan fingerprint density at radius 3 is 2.74 bits per heavy atom. The molecule has 8 nitrogen and oxygen atoms in total. The maximum absolute atomic E-state index is 7.84. The molecule has 162 valence electrons. The van der Waals surface area contributed by atoms with Crippen molar-refractivity contribution in [3.8, 4) is 11.4 Å². The summed E-state index contributed by atoms with van der Waals surface area (Å²) in [5, 5.41) is 11.3. The summed E-state index contributed by atoms with van der Waals surface area (Å²) in [6, 6.07) is 7.84. The fraction of sp³-hybridized carbons (Fsp3) is 0.409. The van der Waals surface area contributed by atoms with Gasteiger partial charge in [-0.05, 0) is 12.1 Å². The molecule has 0 aliphatic carbocycles. The molecule has 2 aliphatic rings. The Kier molecular flexibility index (Phi) is 5.82. The Hall–Kier alpha value is -2.59. The molecule has 4 heterocycles. The van der Waals surface area contributed by atoms with Crippen LogP contribution in [0.4, 0.5) is 11.5 Å². The number of nitrogens with zero attached hydrogens (tertiary/aromatic N) is 4. The predicted molar refractivity (Wildman–Crippen MR) is 126 cm³/mol. The van der Waals surface area contributed by atoms with Crippen LogP contribution < -0.4 is 16.0 Å². The number of piperazine rings is 1. The second kappa shape index (κ2) is 8.88. The van der Waals surface area contributed by atoms with Gasteiger partial charge in [-0.15, -0.1) is 11.3 Å². The number of morpholine rings is 1. The number of nitrogens with two attached hydrogens (primary N) is 1. The fourth-order valence-corrected chi connectivity index (χ4v) is 5.34. The molecule has 0 spiro atoms. The van der Waals surface area contributed by atoms with Gasteiger partial charge in [0, 0.05) is 73.7 Å². The lowest BCUT2D eigenvalue weighted by atomic mass is 10.1. The molecule has 3 aromatic rings. The number of nitrogens with one attached hydrogen (secondary N) is 2. The van der Waals surface area contributed by atoms with Crippen LogP contribution in [0, 0.1) is 5.41 Å². The van der Waals surface area contributed by atoms with Crippen molar-refractivity contribution in [2.75, 3.05) is 63.1 Å². The normalized spacial score (nSPS) is 17.9. The molecule has 0 saturated carbocycles. The zero-order chi connectivity index (χ0) is 21.2. The minimum Gasteiger partial charge on any atom is -0.398 e. The first-order chi connectivity index (χ1) is 15.2. The van der Waals surface area contributed by atoms with E-state index >= 15 is 0 Å². The van der Waals surface area contributed by atoms with Gasteiger partial charge in [-0.2, -0.15) is 0 Å². The highest BCUT2D eigenvalue weighted by Crippen LogP contribution is 2.36. The molecule has 0 amide bonds. The van der Waals surface area contributed by atoms with Gasteiger partial charge in [-0.1, -0.05) is 12.1 Å². The summed E-state index contributed by atoms with van der Waals surface area (Å²) in [5.41, 5.74) is 9.10. The second-order valence-corrected chi connectivity index (χ2v) is 9.01. The standard InChI is InChI=1S/C22H27N7OS/c23-13-17-16(2-1-3-18(17)24)21-26-19-12-15(14-28-6-4-25-5-7-28)31-20(19)22(27-21)29-8-10-30-11-9-29/h1-3,12-13,23,25H,4-11,14,24H2. The molecule has 1 aromatic carbocycles. The lowest BCUT2D eigenvalue weighted by Crippen LogP contribution is -2.42. The average molecular weight is 438 g/mol. The Morgan fingerprint density at radius 2 is 1.97 bits per heavy atom. The summed E-state index contributed by atoms with van der Waals surface area (Å²) in [5.74, 6) is 1.57. The maximum Gasteiger partial charge on any atom is 0.162 e. The summed E-state index contributed by atoms with van der Waals surface area (Å²) in [6.45, 7) is 8.15. The number of hydrogen-bond donors (Lipinski definition) is 3. The summed E-state index contributed by atoms with van der Waals surface area (Å²) in [6.07, 6.45) is 1.29. The molecule has 9 heteroatoms. The first-order valence-electron chi connectivity index (χ1n) is 10.7. The molecule has 0 unspecified atom stereocenters. The number of thiophene rings is 1.